The maximum absolute atomic E-state index is 15.3. The van der Waals surface area contributed by atoms with Crippen LogP contribution >= 0.6 is 0 Å². The van der Waals surface area contributed by atoms with Gasteiger partial charge in [0.2, 0.25) is 18.9 Å². The fourth-order valence-electron chi connectivity index (χ4n) is 10.7. The van der Waals surface area contributed by atoms with Gasteiger partial charge in [0, 0.05) is 61.8 Å². The molecule has 1 unspecified atom stereocenters. The highest BCUT2D eigenvalue weighted by molar-refractivity contribution is 6.03. The molecule has 2 aliphatic carbocycles. The minimum absolute atomic E-state index is 0.0138. The van der Waals surface area contributed by atoms with E-state index in [9.17, 15) is 25.1 Å². The van der Waals surface area contributed by atoms with E-state index in [2.05, 4.69) is 12.7 Å². The molecule has 374 valence electrons. The van der Waals surface area contributed by atoms with E-state index in [1.165, 1.54) is 24.3 Å². The molecular weight excluding hydrogens is 915 g/mol. The lowest BCUT2D eigenvalue weighted by atomic mass is 9.55. The van der Waals surface area contributed by atoms with Crippen LogP contribution < -0.4 is 23.7 Å². The number of aldehydes is 1. The highest BCUT2D eigenvalue weighted by Gasteiger charge is 2.66. The molecule has 2 N–H and O–H groups in total. The summed E-state index contributed by atoms with van der Waals surface area (Å²) in [6.45, 7) is 4.64. The number of benzene rings is 4. The number of carbonyl (C=O) groups is 2. The minimum Gasteiger partial charge on any atom is -0.459 e. The highest BCUT2D eigenvalue weighted by Crippen LogP contribution is 2.62. The first-order valence-corrected chi connectivity index (χ1v) is 24.4. The van der Waals surface area contributed by atoms with Crippen molar-refractivity contribution in [2.24, 2.45) is 22.9 Å². The molecule has 4 aromatic rings. The first-order chi connectivity index (χ1) is 34.7. The van der Waals surface area contributed by atoms with Crippen molar-refractivity contribution in [1.29, 1.82) is 0 Å². The summed E-state index contributed by atoms with van der Waals surface area (Å²) in [6.07, 6.45) is 9.85. The van der Waals surface area contributed by atoms with Crippen molar-refractivity contribution in [3.8, 4) is 34.5 Å². The summed E-state index contributed by atoms with van der Waals surface area (Å²) in [5.74, 6) is -0.234. The molecule has 71 heavy (non-hydrogen) atoms. The Morgan fingerprint density at radius 3 is 2.45 bits per heavy atom. The van der Waals surface area contributed by atoms with Crippen LogP contribution in [0, 0.1) is 27.9 Å². The molecule has 1 saturated heterocycles. The van der Waals surface area contributed by atoms with Crippen molar-refractivity contribution in [3.05, 3.63) is 136 Å². The standard InChI is InChI=1S/C54H59N3O14/c1-2-25-67-54-49(56(32-35-15-21-47-48(28-35)66-34-65-47)53(61)69-39-18-16-38(17-19-39)57(62)63)31-45(55-71-50-14-5-8-26-64-50)43-29-37(11-3-6-23-58)42(13-4-7-24-59)51(52(43)54)44-30-41(20-22-46(44)70-54)68-40-12-9-10-36(27-40)33-60/h2,9-10,12,15-22,27-30,33,37,42,49-52,58-59H,1,3-8,11,13-14,23-26,31-32,34H2/t37-,42+,49-,50?,51+,52+,54+/m0/s1. The number of carbonyl (C=O) groups excluding carboxylic acids is 2. The van der Waals surface area contributed by atoms with Crippen LogP contribution in [-0.4, -0.2) is 89.5 Å². The molecule has 17 nitrogen and oxygen atoms in total. The second-order valence-corrected chi connectivity index (χ2v) is 18.4. The maximum atomic E-state index is 15.3. The fourth-order valence-corrected chi connectivity index (χ4v) is 10.7. The second-order valence-electron chi connectivity index (χ2n) is 18.4. The summed E-state index contributed by atoms with van der Waals surface area (Å²) < 4.78 is 44.6. The van der Waals surface area contributed by atoms with E-state index in [0.717, 1.165) is 43.1 Å². The Morgan fingerprint density at radius 1 is 0.915 bits per heavy atom. The Bertz CT molecular complexity index is 2610. The number of amides is 1. The third-order valence-corrected chi connectivity index (χ3v) is 13.9. The molecule has 5 aliphatic rings. The summed E-state index contributed by atoms with van der Waals surface area (Å²) in [5.41, 5.74) is 3.17. The van der Waals surface area contributed by atoms with Crippen molar-refractivity contribution < 1.29 is 62.7 Å². The number of unbranched alkanes of at least 4 members (excludes halogenated alkanes) is 2. The Morgan fingerprint density at radius 2 is 1.69 bits per heavy atom. The van der Waals surface area contributed by atoms with E-state index in [4.69, 9.17) is 43.2 Å². The molecule has 3 heterocycles. The molecule has 0 aromatic heterocycles. The number of nitro benzene ring substituents is 1. The average Bonchev–Trinajstić information content (AvgIpc) is 3.87. The van der Waals surface area contributed by atoms with Gasteiger partial charge in [-0.2, -0.15) is 0 Å². The van der Waals surface area contributed by atoms with Gasteiger partial charge in [-0.3, -0.25) is 19.8 Å². The van der Waals surface area contributed by atoms with E-state index in [-0.39, 0.29) is 68.8 Å². The number of aliphatic hydroxyl groups excluding tert-OH is 2. The predicted molar refractivity (Wildman–Crippen MR) is 259 cm³/mol. The number of aliphatic hydroxyl groups is 2. The Kier molecular flexibility index (Phi) is 15.6. The third kappa shape index (κ3) is 10.8. The number of rotatable bonds is 21. The van der Waals surface area contributed by atoms with E-state index in [0.29, 0.717) is 84.3 Å². The Balaban J connectivity index is 1.24. The van der Waals surface area contributed by atoms with Crippen LogP contribution in [0.3, 0.4) is 0 Å². The number of hydrogen-bond acceptors (Lipinski definition) is 15. The number of hydrogen-bond donors (Lipinski definition) is 2. The normalized spacial score (nSPS) is 24.4. The summed E-state index contributed by atoms with van der Waals surface area (Å²) in [7, 11) is 0. The van der Waals surface area contributed by atoms with Crippen LogP contribution in [0.2, 0.25) is 0 Å². The quantitative estimate of drug-likeness (QED) is 0.0262. The predicted octanol–water partition coefficient (Wildman–Crippen LogP) is 9.79. The first kappa shape index (κ1) is 49.2. The van der Waals surface area contributed by atoms with Gasteiger partial charge in [-0.05, 0) is 116 Å². The summed E-state index contributed by atoms with van der Waals surface area (Å²) in [5, 5.41) is 36.7. The number of nitro groups is 1. The van der Waals surface area contributed by atoms with E-state index < -0.39 is 35.1 Å². The van der Waals surface area contributed by atoms with Crippen LogP contribution in [0.25, 0.3) is 0 Å². The molecule has 0 bridgehead atoms. The zero-order valence-electron chi connectivity index (χ0n) is 39.4. The zero-order valence-corrected chi connectivity index (χ0v) is 39.4. The van der Waals surface area contributed by atoms with Gasteiger partial charge in [-0.15, -0.1) is 6.58 Å². The van der Waals surface area contributed by atoms with Crippen molar-refractivity contribution in [1.82, 2.24) is 4.90 Å². The van der Waals surface area contributed by atoms with Crippen LogP contribution in [-0.2, 0) is 20.9 Å². The summed E-state index contributed by atoms with van der Waals surface area (Å²) in [4.78, 5) is 46.0. The molecule has 9 rings (SSSR count). The lowest BCUT2D eigenvalue weighted by Gasteiger charge is -2.59. The Hall–Kier alpha value is -6.79. The van der Waals surface area contributed by atoms with Crippen LogP contribution in [0.4, 0.5) is 10.5 Å². The summed E-state index contributed by atoms with van der Waals surface area (Å²) >= 11 is 0. The van der Waals surface area contributed by atoms with Gasteiger partial charge in [0.05, 0.1) is 29.8 Å². The zero-order chi connectivity index (χ0) is 49.3. The van der Waals surface area contributed by atoms with Gasteiger partial charge in [0.25, 0.3) is 5.69 Å². The number of non-ortho nitro benzene ring substituents is 1. The van der Waals surface area contributed by atoms with Gasteiger partial charge in [0.1, 0.15) is 35.3 Å². The van der Waals surface area contributed by atoms with Crippen LogP contribution in [0.1, 0.15) is 91.6 Å². The molecule has 1 amide bonds. The smallest absolute Gasteiger partial charge is 0.416 e. The molecule has 7 atom stereocenters. The molecule has 0 radical (unpaired) electrons. The molecular formula is C54H59N3O14. The molecule has 3 aliphatic heterocycles. The van der Waals surface area contributed by atoms with E-state index in [1.54, 1.807) is 53.4 Å². The van der Waals surface area contributed by atoms with Gasteiger partial charge >= 0.3 is 6.09 Å². The number of nitrogens with zero attached hydrogens (tertiary/aromatic N) is 3. The van der Waals surface area contributed by atoms with Gasteiger partial charge in [-0.1, -0.05) is 48.3 Å². The first-order valence-electron chi connectivity index (χ1n) is 24.4. The summed E-state index contributed by atoms with van der Waals surface area (Å²) in [6, 6.07) is 22.2. The number of oxime groups is 1. The lowest BCUT2D eigenvalue weighted by Crippen LogP contribution is -2.70. The minimum atomic E-state index is -1.66. The van der Waals surface area contributed by atoms with Crippen molar-refractivity contribution in [2.45, 2.75) is 94.8 Å². The molecule has 0 spiro atoms. The van der Waals surface area contributed by atoms with Crippen LogP contribution in [0.5, 0.6) is 34.5 Å². The third-order valence-electron chi connectivity index (χ3n) is 13.9. The van der Waals surface area contributed by atoms with Crippen molar-refractivity contribution >= 4 is 23.8 Å². The second kappa shape index (κ2) is 22.5. The number of ether oxygens (including phenoxy) is 7. The van der Waals surface area contributed by atoms with E-state index in [1.807, 2.05) is 18.2 Å². The Labute approximate surface area is 411 Å². The molecule has 17 heteroatoms. The average molecular weight is 974 g/mol. The number of allylic oxidation sites excluding steroid dienone is 1. The highest BCUT2D eigenvalue weighted by atomic mass is 16.8. The molecule has 2 fully saturated rings. The SMILES string of the molecule is C=CCO[C@@]12Oc3ccc(Oc4cccc(C=O)c4)cc3[C@H]3[C@H](CCCCO)[C@@H](CCCCO)C=C(C(=NOC4CCCCO4)C[C@@H]1N(Cc1ccc4c(c1)OCO4)C(=O)Oc1ccc([N+](=O)[O-])cc1)[C@H]32. The number of fused-ring (bicyclic) bond motifs is 3. The van der Waals surface area contributed by atoms with Crippen LogP contribution in [0.15, 0.2) is 114 Å². The van der Waals surface area contributed by atoms with Gasteiger partial charge in [-0.25, -0.2) is 4.79 Å². The van der Waals surface area contributed by atoms with Crippen molar-refractivity contribution in [2.75, 3.05) is 33.2 Å². The monoisotopic (exact) mass is 973 g/mol. The topological polar surface area (TPSA) is 207 Å². The molecule has 1 saturated carbocycles. The van der Waals surface area contributed by atoms with Gasteiger partial charge in [0.15, 0.2) is 11.5 Å². The lowest BCUT2D eigenvalue weighted by molar-refractivity contribution is -0.384. The van der Waals surface area contributed by atoms with Crippen molar-refractivity contribution in [3.63, 3.8) is 0 Å². The van der Waals surface area contributed by atoms with Gasteiger partial charge < -0.3 is 48.2 Å². The maximum Gasteiger partial charge on any atom is 0.416 e. The van der Waals surface area contributed by atoms with E-state index >= 15 is 4.79 Å². The fraction of sp³-hybridized carbons (Fsp3) is 0.426. The molecule has 4 aromatic carbocycles. The largest absolute Gasteiger partial charge is 0.459 e.